The minimum atomic E-state index is -0.457. The van der Waals surface area contributed by atoms with E-state index in [0.29, 0.717) is 16.6 Å². The molecule has 17 heavy (non-hydrogen) atoms. The number of hydrogen-bond donors (Lipinski definition) is 3. The van der Waals surface area contributed by atoms with Gasteiger partial charge < -0.3 is 10.2 Å². The van der Waals surface area contributed by atoms with Gasteiger partial charge in [-0.3, -0.25) is 10.2 Å². The van der Waals surface area contributed by atoms with Gasteiger partial charge in [-0.05, 0) is 12.1 Å². The van der Waals surface area contributed by atoms with E-state index in [9.17, 15) is 4.79 Å². The quantitative estimate of drug-likeness (QED) is 0.322. The number of thioether (sulfide) groups is 1. The minimum absolute atomic E-state index is 0.180. The zero-order valence-corrected chi connectivity index (χ0v) is 10.2. The molecule has 2 aromatic heterocycles. The first-order valence-corrected chi connectivity index (χ1v) is 6.30. The average Bonchev–Trinajstić information content (AvgIpc) is 2.94. The number of rotatable bonds is 4. The molecule has 0 aliphatic heterocycles. The molecule has 0 atom stereocenters. The van der Waals surface area contributed by atoms with Crippen LogP contribution in [0, 0.1) is 0 Å². The number of anilines is 1. The second-order valence-electron chi connectivity index (χ2n) is 2.93. The van der Waals surface area contributed by atoms with Crippen LogP contribution < -0.4 is 17.0 Å². The van der Waals surface area contributed by atoms with Crippen LogP contribution in [0.5, 0.6) is 0 Å². The van der Waals surface area contributed by atoms with Crippen LogP contribution >= 0.6 is 23.1 Å². The molecule has 2 rings (SSSR count). The second kappa shape index (κ2) is 5.17. The fourth-order valence-electron chi connectivity index (χ4n) is 1.06. The zero-order chi connectivity index (χ0) is 12.3. The highest BCUT2D eigenvalue weighted by molar-refractivity contribution is 8.00. The van der Waals surface area contributed by atoms with Crippen LogP contribution in [0.4, 0.5) is 5.13 Å². The predicted octanol–water partition coefficient (Wildman–Crippen LogP) is 0.609. The first-order chi connectivity index (χ1) is 8.19. The number of hydrogen-bond acceptors (Lipinski definition) is 8. The van der Waals surface area contributed by atoms with Crippen molar-refractivity contribution < 1.29 is 9.21 Å². The predicted molar refractivity (Wildman–Crippen MR) is 64.2 cm³/mol. The summed E-state index contributed by atoms with van der Waals surface area (Å²) in [6.45, 7) is 0. The Morgan fingerprint density at radius 3 is 3.00 bits per heavy atom. The lowest BCUT2D eigenvalue weighted by molar-refractivity contribution is 0.0924. The molecule has 0 saturated heterocycles. The number of carbonyl (C=O) groups is 1. The van der Waals surface area contributed by atoms with E-state index in [0.717, 1.165) is 4.34 Å². The van der Waals surface area contributed by atoms with Gasteiger partial charge in [-0.1, -0.05) is 23.1 Å². The van der Waals surface area contributed by atoms with Gasteiger partial charge >= 0.3 is 5.91 Å². The highest BCUT2D eigenvalue weighted by Crippen LogP contribution is 2.27. The minimum Gasteiger partial charge on any atom is -0.455 e. The highest BCUT2D eigenvalue weighted by Gasteiger charge is 2.10. The fraction of sp³-hybridized carbons (Fsp3) is 0.125. The Balaban J connectivity index is 1.95. The lowest BCUT2D eigenvalue weighted by Crippen LogP contribution is -2.29. The lowest BCUT2D eigenvalue weighted by Gasteiger charge is -1.94. The fourth-order valence-corrected chi connectivity index (χ4v) is 2.59. The van der Waals surface area contributed by atoms with Crippen LogP contribution in [0.15, 0.2) is 20.9 Å². The Morgan fingerprint density at radius 1 is 1.53 bits per heavy atom. The third-order valence-electron chi connectivity index (χ3n) is 1.78. The van der Waals surface area contributed by atoms with Gasteiger partial charge in [0, 0.05) is 0 Å². The van der Waals surface area contributed by atoms with Crippen LogP contribution in [0.25, 0.3) is 0 Å². The van der Waals surface area contributed by atoms with Crippen molar-refractivity contribution in [1.82, 2.24) is 15.6 Å². The summed E-state index contributed by atoms with van der Waals surface area (Å²) in [5, 5.41) is 7.97. The average molecular weight is 271 g/mol. The Hall–Kier alpha value is -1.58. The number of nitrogens with one attached hydrogen (secondary N) is 1. The maximum Gasteiger partial charge on any atom is 0.300 e. The topological polar surface area (TPSA) is 120 Å². The monoisotopic (exact) mass is 271 g/mol. The molecule has 0 aliphatic rings. The molecule has 7 nitrogen and oxygen atoms in total. The summed E-state index contributed by atoms with van der Waals surface area (Å²) < 4.78 is 6.03. The van der Waals surface area contributed by atoms with Gasteiger partial charge in [0.2, 0.25) is 5.13 Å². The summed E-state index contributed by atoms with van der Waals surface area (Å²) in [6, 6.07) is 3.27. The summed E-state index contributed by atoms with van der Waals surface area (Å²) in [5.74, 6) is 5.91. The van der Waals surface area contributed by atoms with Crippen molar-refractivity contribution in [3.63, 3.8) is 0 Å². The second-order valence-corrected chi connectivity index (χ2v) is 5.17. The summed E-state index contributed by atoms with van der Waals surface area (Å²) in [6.07, 6.45) is 0. The van der Waals surface area contributed by atoms with Crippen LogP contribution in [-0.4, -0.2) is 16.1 Å². The molecule has 0 aromatic carbocycles. The molecule has 0 saturated carbocycles. The van der Waals surface area contributed by atoms with Crippen molar-refractivity contribution in [1.29, 1.82) is 0 Å². The summed E-state index contributed by atoms with van der Waals surface area (Å²) in [4.78, 5) is 11.1. The number of amides is 1. The van der Waals surface area contributed by atoms with Gasteiger partial charge in [0.15, 0.2) is 10.1 Å². The Bertz CT molecular complexity index is 523. The van der Waals surface area contributed by atoms with Crippen molar-refractivity contribution in [3.05, 3.63) is 23.7 Å². The summed E-state index contributed by atoms with van der Waals surface area (Å²) >= 11 is 2.74. The number of furan rings is 1. The molecule has 2 aromatic rings. The van der Waals surface area contributed by atoms with E-state index >= 15 is 0 Å². The lowest BCUT2D eigenvalue weighted by atomic mass is 10.4. The largest absolute Gasteiger partial charge is 0.455 e. The van der Waals surface area contributed by atoms with Crippen molar-refractivity contribution >= 4 is 34.1 Å². The van der Waals surface area contributed by atoms with Gasteiger partial charge in [0.1, 0.15) is 5.76 Å². The standard InChI is InChI=1S/C8H9N5O2S2/c9-7-12-13-8(17-7)16-3-4-1-2-5(15-4)6(14)11-10/h1-2H,3,10H2,(H2,9,12)(H,11,14). The number of nitrogens with two attached hydrogens (primary N) is 2. The molecular formula is C8H9N5O2S2. The number of carbonyl (C=O) groups excluding carboxylic acids is 1. The SMILES string of the molecule is NNC(=O)c1ccc(CSc2nnc(N)s2)o1. The molecule has 0 fully saturated rings. The molecule has 5 N–H and O–H groups in total. The molecule has 90 valence electrons. The number of nitrogen functional groups attached to an aromatic ring is 2. The third kappa shape index (κ3) is 2.96. The van der Waals surface area contributed by atoms with Crippen molar-refractivity contribution in [3.8, 4) is 0 Å². The van der Waals surface area contributed by atoms with Gasteiger partial charge in [-0.2, -0.15) is 0 Å². The summed E-state index contributed by atoms with van der Waals surface area (Å²) in [5.41, 5.74) is 7.45. The molecule has 0 unspecified atom stereocenters. The first kappa shape index (κ1) is 11.9. The van der Waals surface area contributed by atoms with E-state index in [2.05, 4.69) is 10.2 Å². The molecule has 1 amide bonds. The smallest absolute Gasteiger partial charge is 0.300 e. The van der Waals surface area contributed by atoms with E-state index in [1.54, 1.807) is 12.1 Å². The molecule has 0 radical (unpaired) electrons. The molecule has 0 bridgehead atoms. The number of nitrogens with zero attached hydrogens (tertiary/aromatic N) is 2. The van der Waals surface area contributed by atoms with Gasteiger partial charge in [-0.15, -0.1) is 10.2 Å². The number of hydrazine groups is 1. The van der Waals surface area contributed by atoms with E-state index < -0.39 is 5.91 Å². The Morgan fingerprint density at radius 2 is 2.35 bits per heavy atom. The molecule has 9 heteroatoms. The highest BCUT2D eigenvalue weighted by atomic mass is 32.2. The maximum atomic E-state index is 11.1. The van der Waals surface area contributed by atoms with Crippen LogP contribution in [0.3, 0.4) is 0 Å². The van der Waals surface area contributed by atoms with Gasteiger partial charge in [-0.25, -0.2) is 5.84 Å². The third-order valence-corrected chi connectivity index (χ3v) is 3.68. The number of aromatic nitrogens is 2. The van der Waals surface area contributed by atoms with E-state index in [1.807, 2.05) is 5.43 Å². The van der Waals surface area contributed by atoms with E-state index in [4.69, 9.17) is 16.0 Å². The molecular weight excluding hydrogens is 262 g/mol. The zero-order valence-electron chi connectivity index (χ0n) is 8.54. The van der Waals surface area contributed by atoms with Crippen molar-refractivity contribution in [2.75, 3.05) is 5.73 Å². The molecule has 2 heterocycles. The van der Waals surface area contributed by atoms with Crippen LogP contribution in [-0.2, 0) is 5.75 Å². The van der Waals surface area contributed by atoms with Crippen LogP contribution in [0.2, 0.25) is 0 Å². The van der Waals surface area contributed by atoms with E-state index in [1.165, 1.54) is 23.1 Å². The van der Waals surface area contributed by atoms with E-state index in [-0.39, 0.29) is 5.76 Å². The Kier molecular flexibility index (Phi) is 3.61. The van der Waals surface area contributed by atoms with Crippen LogP contribution in [0.1, 0.15) is 16.3 Å². The van der Waals surface area contributed by atoms with Crippen molar-refractivity contribution in [2.24, 2.45) is 5.84 Å². The molecule has 0 aliphatic carbocycles. The van der Waals surface area contributed by atoms with Gasteiger partial charge in [0.25, 0.3) is 0 Å². The maximum absolute atomic E-state index is 11.1. The molecule has 0 spiro atoms. The summed E-state index contributed by atoms with van der Waals surface area (Å²) in [7, 11) is 0. The first-order valence-electron chi connectivity index (χ1n) is 4.50. The Labute approximate surface area is 105 Å². The van der Waals surface area contributed by atoms with Crippen molar-refractivity contribution in [2.45, 2.75) is 10.1 Å². The normalized spacial score (nSPS) is 10.4. The van der Waals surface area contributed by atoms with Gasteiger partial charge in [0.05, 0.1) is 5.75 Å².